The molecular weight excluding hydrogens is 196 g/mol. The summed E-state index contributed by atoms with van der Waals surface area (Å²) in [7, 11) is 0. The zero-order valence-electron chi connectivity index (χ0n) is 9.39. The van der Waals surface area contributed by atoms with Gasteiger partial charge >= 0.3 is 0 Å². The number of benzene rings is 2. The Kier molecular flexibility index (Phi) is 3.54. The lowest BCUT2D eigenvalue weighted by atomic mass is 9.96. The number of nitrogens with two attached hydrogens (primary N) is 2. The molecule has 2 rings (SSSR count). The van der Waals surface area contributed by atoms with Gasteiger partial charge in [0.05, 0.1) is 0 Å². The lowest BCUT2D eigenvalue weighted by Crippen LogP contribution is -2.12. The van der Waals surface area contributed by atoms with Crippen LogP contribution in [-0.4, -0.2) is 6.54 Å². The monoisotopic (exact) mass is 214 g/mol. The Hall–Kier alpha value is -1.38. The summed E-state index contributed by atoms with van der Waals surface area (Å²) in [6, 6.07) is 14.8. The summed E-state index contributed by atoms with van der Waals surface area (Å²) in [5.74, 6) is 0. The van der Waals surface area contributed by atoms with E-state index in [0.717, 1.165) is 12.8 Å². The highest BCUT2D eigenvalue weighted by atomic mass is 14.6. The summed E-state index contributed by atoms with van der Waals surface area (Å²) < 4.78 is 0. The Balaban J connectivity index is 2.36. The highest BCUT2D eigenvalue weighted by Crippen LogP contribution is 2.25. The fourth-order valence-corrected chi connectivity index (χ4v) is 2.07. The maximum Gasteiger partial charge on any atom is 0.0301 e. The van der Waals surface area contributed by atoms with Crippen LogP contribution in [0.3, 0.4) is 0 Å². The molecule has 0 bridgehead atoms. The third-order valence-electron chi connectivity index (χ3n) is 2.94. The minimum absolute atomic E-state index is 0.0923. The van der Waals surface area contributed by atoms with Crippen LogP contribution in [0.4, 0.5) is 0 Å². The van der Waals surface area contributed by atoms with Gasteiger partial charge in [-0.3, -0.25) is 0 Å². The topological polar surface area (TPSA) is 52.0 Å². The summed E-state index contributed by atoms with van der Waals surface area (Å²) in [6.07, 6.45) is 1.93. The van der Waals surface area contributed by atoms with Crippen molar-refractivity contribution in [1.29, 1.82) is 0 Å². The zero-order chi connectivity index (χ0) is 11.4. The van der Waals surface area contributed by atoms with Gasteiger partial charge in [0.2, 0.25) is 0 Å². The van der Waals surface area contributed by atoms with Gasteiger partial charge < -0.3 is 11.5 Å². The fourth-order valence-electron chi connectivity index (χ4n) is 2.07. The van der Waals surface area contributed by atoms with Crippen molar-refractivity contribution < 1.29 is 0 Å². The van der Waals surface area contributed by atoms with Crippen LogP contribution in [-0.2, 0) is 0 Å². The Bertz CT molecular complexity index is 460. The van der Waals surface area contributed by atoms with Gasteiger partial charge in [-0.05, 0) is 35.7 Å². The molecule has 0 aliphatic heterocycles. The highest BCUT2D eigenvalue weighted by Gasteiger charge is 2.08. The summed E-state index contributed by atoms with van der Waals surface area (Å²) in [6.45, 7) is 0.707. The Morgan fingerprint density at radius 2 is 1.75 bits per heavy atom. The minimum atomic E-state index is 0.0923. The van der Waals surface area contributed by atoms with E-state index in [0.29, 0.717) is 6.54 Å². The van der Waals surface area contributed by atoms with Crippen LogP contribution in [0.1, 0.15) is 24.4 Å². The number of hydrogen-bond donors (Lipinski definition) is 2. The van der Waals surface area contributed by atoms with Crippen molar-refractivity contribution in [2.45, 2.75) is 18.9 Å². The molecule has 2 aromatic carbocycles. The van der Waals surface area contributed by atoms with E-state index < -0.39 is 0 Å². The SMILES string of the molecule is NCCC[C@@H](N)c1cccc2ccccc12. The van der Waals surface area contributed by atoms with Gasteiger partial charge in [-0.2, -0.15) is 0 Å². The van der Waals surface area contributed by atoms with E-state index in [-0.39, 0.29) is 6.04 Å². The van der Waals surface area contributed by atoms with Crippen molar-refractivity contribution in [3.63, 3.8) is 0 Å². The first-order valence-corrected chi connectivity index (χ1v) is 5.76. The van der Waals surface area contributed by atoms with Crippen LogP contribution in [0.5, 0.6) is 0 Å². The first-order valence-electron chi connectivity index (χ1n) is 5.76. The quantitative estimate of drug-likeness (QED) is 0.822. The predicted octanol–water partition coefficient (Wildman–Crippen LogP) is 2.58. The van der Waals surface area contributed by atoms with E-state index in [1.54, 1.807) is 0 Å². The molecule has 4 N–H and O–H groups in total. The minimum Gasteiger partial charge on any atom is -0.330 e. The van der Waals surface area contributed by atoms with Gasteiger partial charge in [0.15, 0.2) is 0 Å². The number of rotatable bonds is 4. The Morgan fingerprint density at radius 3 is 2.56 bits per heavy atom. The second kappa shape index (κ2) is 5.10. The second-order valence-corrected chi connectivity index (χ2v) is 4.11. The molecule has 0 saturated heterocycles. The van der Waals surface area contributed by atoms with Crippen molar-refractivity contribution in [1.82, 2.24) is 0 Å². The molecule has 0 fully saturated rings. The predicted molar refractivity (Wildman–Crippen MR) is 69.2 cm³/mol. The van der Waals surface area contributed by atoms with Crippen molar-refractivity contribution in [3.05, 3.63) is 48.0 Å². The number of hydrogen-bond acceptors (Lipinski definition) is 2. The average Bonchev–Trinajstić information content (AvgIpc) is 2.35. The number of fused-ring (bicyclic) bond motifs is 1. The molecule has 2 nitrogen and oxygen atoms in total. The highest BCUT2D eigenvalue weighted by molar-refractivity contribution is 5.86. The van der Waals surface area contributed by atoms with Crippen molar-refractivity contribution >= 4 is 10.8 Å². The maximum atomic E-state index is 6.19. The standard InChI is InChI=1S/C14H18N2/c15-10-4-9-14(16)13-8-3-6-11-5-1-2-7-12(11)13/h1-3,5-8,14H,4,9-10,15-16H2/t14-/m1/s1. The first-order chi connectivity index (χ1) is 7.83. The Morgan fingerprint density at radius 1 is 1.00 bits per heavy atom. The molecule has 0 amide bonds. The van der Waals surface area contributed by atoms with Crippen molar-refractivity contribution in [3.8, 4) is 0 Å². The molecule has 1 atom stereocenters. The van der Waals surface area contributed by atoms with Gasteiger partial charge in [-0.25, -0.2) is 0 Å². The normalized spacial score (nSPS) is 12.9. The van der Waals surface area contributed by atoms with Gasteiger partial charge in [0, 0.05) is 6.04 Å². The lowest BCUT2D eigenvalue weighted by molar-refractivity contribution is 0.621. The molecule has 0 saturated carbocycles. The second-order valence-electron chi connectivity index (χ2n) is 4.11. The van der Waals surface area contributed by atoms with Crippen LogP contribution in [0.2, 0.25) is 0 Å². The largest absolute Gasteiger partial charge is 0.330 e. The lowest BCUT2D eigenvalue weighted by Gasteiger charge is -2.14. The molecule has 0 radical (unpaired) electrons. The average molecular weight is 214 g/mol. The van der Waals surface area contributed by atoms with Gasteiger partial charge in [0.1, 0.15) is 0 Å². The van der Waals surface area contributed by atoms with E-state index in [2.05, 4.69) is 42.5 Å². The Labute approximate surface area is 96.3 Å². The summed E-state index contributed by atoms with van der Waals surface area (Å²) >= 11 is 0. The molecule has 0 unspecified atom stereocenters. The van der Waals surface area contributed by atoms with E-state index in [4.69, 9.17) is 11.5 Å². The van der Waals surface area contributed by atoms with Crippen molar-refractivity contribution in [2.75, 3.05) is 6.54 Å². The van der Waals surface area contributed by atoms with Crippen LogP contribution >= 0.6 is 0 Å². The van der Waals surface area contributed by atoms with Crippen molar-refractivity contribution in [2.24, 2.45) is 11.5 Å². The smallest absolute Gasteiger partial charge is 0.0301 e. The summed E-state index contributed by atoms with van der Waals surface area (Å²) in [4.78, 5) is 0. The molecule has 2 heteroatoms. The maximum absolute atomic E-state index is 6.19. The van der Waals surface area contributed by atoms with Crippen LogP contribution < -0.4 is 11.5 Å². The molecule has 0 heterocycles. The van der Waals surface area contributed by atoms with Crippen LogP contribution in [0.25, 0.3) is 10.8 Å². The van der Waals surface area contributed by atoms with Crippen LogP contribution in [0.15, 0.2) is 42.5 Å². The third kappa shape index (κ3) is 2.23. The summed E-state index contributed by atoms with van der Waals surface area (Å²) in [5, 5.41) is 2.51. The van der Waals surface area contributed by atoms with E-state index >= 15 is 0 Å². The summed E-state index contributed by atoms with van der Waals surface area (Å²) in [5.41, 5.74) is 12.9. The third-order valence-corrected chi connectivity index (χ3v) is 2.94. The first kappa shape index (κ1) is 11.1. The fraction of sp³-hybridized carbons (Fsp3) is 0.286. The molecule has 0 aliphatic carbocycles. The van der Waals surface area contributed by atoms with Gasteiger partial charge in [0.25, 0.3) is 0 Å². The molecule has 2 aromatic rings. The van der Waals surface area contributed by atoms with Gasteiger partial charge in [-0.15, -0.1) is 0 Å². The van der Waals surface area contributed by atoms with E-state index in [1.165, 1.54) is 16.3 Å². The molecule has 0 aliphatic rings. The zero-order valence-corrected chi connectivity index (χ0v) is 9.39. The van der Waals surface area contributed by atoms with Gasteiger partial charge in [-0.1, -0.05) is 42.5 Å². The molecule has 84 valence electrons. The molecule has 0 spiro atoms. The van der Waals surface area contributed by atoms with E-state index in [9.17, 15) is 0 Å². The molecule has 16 heavy (non-hydrogen) atoms. The van der Waals surface area contributed by atoms with Crippen LogP contribution in [0, 0.1) is 0 Å². The van der Waals surface area contributed by atoms with E-state index in [1.807, 2.05) is 0 Å². The molecule has 0 aromatic heterocycles. The molecular formula is C14H18N2.